The third-order valence-electron chi connectivity index (χ3n) is 5.70. The van der Waals surface area contributed by atoms with E-state index in [0.717, 1.165) is 36.4 Å². The Morgan fingerprint density at radius 2 is 2.03 bits per heavy atom. The fourth-order valence-corrected chi connectivity index (χ4v) is 3.87. The number of nitrogens with one attached hydrogen (secondary N) is 2. The molecule has 0 saturated heterocycles. The minimum absolute atomic E-state index is 0.125. The monoisotopic (exact) mass is 447 g/mol. The molecule has 1 unspecified atom stereocenters. The number of likely N-dealkylation sites (N-methyl/N-ethyl adjacent to an activating group) is 1. The van der Waals surface area contributed by atoms with Crippen molar-refractivity contribution in [3.63, 3.8) is 0 Å². The minimum Gasteiger partial charge on any atom is -0.495 e. The van der Waals surface area contributed by atoms with Crippen LogP contribution in [0.15, 0.2) is 42.6 Å². The third kappa shape index (κ3) is 5.05. The van der Waals surface area contributed by atoms with Gasteiger partial charge < -0.3 is 31.7 Å². The van der Waals surface area contributed by atoms with E-state index < -0.39 is 5.91 Å². The smallest absolute Gasteiger partial charge is 0.254 e. The zero-order valence-electron chi connectivity index (χ0n) is 19.1. The van der Waals surface area contributed by atoms with Crippen LogP contribution in [0.1, 0.15) is 40.0 Å². The highest BCUT2D eigenvalue weighted by molar-refractivity contribution is 5.98. The molecule has 2 heterocycles. The molecule has 9 heteroatoms. The number of hydrogen-bond donors (Lipinski definition) is 4. The summed E-state index contributed by atoms with van der Waals surface area (Å²) in [6.07, 6.45) is 2.38. The molecule has 1 aliphatic rings. The molecule has 0 saturated carbocycles. The molecule has 33 heavy (non-hydrogen) atoms. The van der Waals surface area contributed by atoms with Crippen LogP contribution in [0, 0.1) is 0 Å². The number of carbonyl (C=O) groups is 1. The molecule has 3 aromatic rings. The van der Waals surface area contributed by atoms with Crippen LogP contribution in [0.4, 0.5) is 23.1 Å². The van der Waals surface area contributed by atoms with E-state index in [1.54, 1.807) is 7.11 Å². The summed E-state index contributed by atoms with van der Waals surface area (Å²) in [5.41, 5.74) is 16.7. The van der Waals surface area contributed by atoms with Crippen molar-refractivity contribution in [2.75, 3.05) is 31.3 Å². The Bertz CT molecular complexity index is 1180. The van der Waals surface area contributed by atoms with Crippen molar-refractivity contribution in [1.82, 2.24) is 14.9 Å². The lowest BCUT2D eigenvalue weighted by Crippen LogP contribution is -2.26. The molecular weight excluding hydrogens is 418 g/mol. The normalized spacial score (nSPS) is 14.3. The summed E-state index contributed by atoms with van der Waals surface area (Å²) in [7, 11) is 3.74. The zero-order chi connectivity index (χ0) is 23.5. The first-order valence-electron chi connectivity index (χ1n) is 10.8. The van der Waals surface area contributed by atoms with Crippen LogP contribution >= 0.6 is 0 Å². The average Bonchev–Trinajstić information content (AvgIpc) is 2.78. The fraction of sp³-hybridized carbons (Fsp3) is 0.292. The number of carbonyl (C=O) groups excluding carboxylic acids is 1. The molecule has 0 radical (unpaired) electrons. The molecule has 1 aliphatic heterocycles. The summed E-state index contributed by atoms with van der Waals surface area (Å²) < 4.78 is 5.60. The second-order valence-electron chi connectivity index (χ2n) is 8.29. The minimum atomic E-state index is -0.623. The van der Waals surface area contributed by atoms with E-state index in [0.29, 0.717) is 17.5 Å². The van der Waals surface area contributed by atoms with Gasteiger partial charge in [-0.05, 0) is 61.3 Å². The average molecular weight is 448 g/mol. The van der Waals surface area contributed by atoms with Gasteiger partial charge in [-0.2, -0.15) is 4.98 Å². The Labute approximate surface area is 193 Å². The number of benzene rings is 2. The highest BCUT2D eigenvalue weighted by Gasteiger charge is 2.18. The molecule has 172 valence electrons. The molecule has 1 aromatic heterocycles. The van der Waals surface area contributed by atoms with E-state index in [1.807, 2.05) is 31.2 Å². The quantitative estimate of drug-likeness (QED) is 0.435. The molecular formula is C24H29N7O2. The van der Waals surface area contributed by atoms with Crippen molar-refractivity contribution in [2.45, 2.75) is 25.9 Å². The van der Waals surface area contributed by atoms with Gasteiger partial charge in [0, 0.05) is 31.0 Å². The number of primary amides is 1. The largest absolute Gasteiger partial charge is 0.495 e. The van der Waals surface area contributed by atoms with E-state index >= 15 is 0 Å². The number of hydrogen-bond acceptors (Lipinski definition) is 8. The molecule has 6 N–H and O–H groups in total. The van der Waals surface area contributed by atoms with Crippen LogP contribution in [0.25, 0.3) is 0 Å². The van der Waals surface area contributed by atoms with Crippen LogP contribution in [0.5, 0.6) is 5.75 Å². The molecule has 4 rings (SSSR count). The third-order valence-corrected chi connectivity index (χ3v) is 5.70. The Kier molecular flexibility index (Phi) is 6.43. The first kappa shape index (κ1) is 22.5. The maximum absolute atomic E-state index is 12.0. The molecule has 2 aromatic carbocycles. The SMILES string of the molecule is COc1cc2c(cc1Nc1ncc(C(N)=O)c(Nc3cccc(C(C)N)c3)n1)CN(C)CC2. The maximum Gasteiger partial charge on any atom is 0.254 e. The number of nitrogens with zero attached hydrogens (tertiary/aromatic N) is 3. The second kappa shape index (κ2) is 9.43. The van der Waals surface area contributed by atoms with Crippen LogP contribution < -0.4 is 26.8 Å². The van der Waals surface area contributed by atoms with E-state index in [1.165, 1.54) is 17.3 Å². The Balaban J connectivity index is 1.66. The topological polar surface area (TPSA) is 131 Å². The Morgan fingerprint density at radius 1 is 1.21 bits per heavy atom. The van der Waals surface area contributed by atoms with Crippen LogP contribution in [0.2, 0.25) is 0 Å². The second-order valence-corrected chi connectivity index (χ2v) is 8.29. The Morgan fingerprint density at radius 3 is 2.76 bits per heavy atom. The van der Waals surface area contributed by atoms with Gasteiger partial charge in [-0.15, -0.1) is 0 Å². The Hall–Kier alpha value is -3.69. The lowest BCUT2D eigenvalue weighted by molar-refractivity contribution is 0.100. The van der Waals surface area contributed by atoms with Gasteiger partial charge in [-0.25, -0.2) is 4.98 Å². The summed E-state index contributed by atoms with van der Waals surface area (Å²) in [6, 6.07) is 11.6. The van der Waals surface area contributed by atoms with Crippen molar-refractivity contribution in [3.8, 4) is 5.75 Å². The van der Waals surface area contributed by atoms with E-state index in [4.69, 9.17) is 16.2 Å². The summed E-state index contributed by atoms with van der Waals surface area (Å²) in [4.78, 5) is 23.1. The summed E-state index contributed by atoms with van der Waals surface area (Å²) in [5.74, 6) is 0.702. The van der Waals surface area contributed by atoms with E-state index in [9.17, 15) is 4.79 Å². The van der Waals surface area contributed by atoms with Gasteiger partial charge >= 0.3 is 0 Å². The molecule has 9 nitrogen and oxygen atoms in total. The predicted octanol–water partition coefficient (Wildman–Crippen LogP) is 3.08. The van der Waals surface area contributed by atoms with E-state index in [2.05, 4.69) is 44.7 Å². The summed E-state index contributed by atoms with van der Waals surface area (Å²) in [6.45, 7) is 3.78. The first-order chi connectivity index (χ1) is 15.8. The van der Waals surface area contributed by atoms with Crippen molar-refractivity contribution in [1.29, 1.82) is 0 Å². The van der Waals surface area contributed by atoms with Gasteiger partial charge in [0.1, 0.15) is 17.1 Å². The van der Waals surface area contributed by atoms with Gasteiger partial charge in [0.25, 0.3) is 5.91 Å². The van der Waals surface area contributed by atoms with Crippen molar-refractivity contribution in [2.24, 2.45) is 11.5 Å². The van der Waals surface area contributed by atoms with Gasteiger partial charge in [0.15, 0.2) is 0 Å². The lowest BCUT2D eigenvalue weighted by Gasteiger charge is -2.26. The van der Waals surface area contributed by atoms with Crippen LogP contribution in [-0.4, -0.2) is 41.5 Å². The fourth-order valence-electron chi connectivity index (χ4n) is 3.87. The summed E-state index contributed by atoms with van der Waals surface area (Å²) in [5, 5.41) is 6.41. The number of methoxy groups -OCH3 is 1. The number of ether oxygens (including phenoxy) is 1. The molecule has 1 amide bonds. The van der Waals surface area contributed by atoms with Gasteiger partial charge in [0.2, 0.25) is 5.95 Å². The van der Waals surface area contributed by atoms with Crippen LogP contribution in [0.3, 0.4) is 0 Å². The number of fused-ring (bicyclic) bond motifs is 1. The van der Waals surface area contributed by atoms with E-state index in [-0.39, 0.29) is 11.6 Å². The van der Waals surface area contributed by atoms with Crippen LogP contribution in [-0.2, 0) is 13.0 Å². The maximum atomic E-state index is 12.0. The van der Waals surface area contributed by atoms with Crippen molar-refractivity contribution in [3.05, 3.63) is 64.8 Å². The molecule has 0 bridgehead atoms. The van der Waals surface area contributed by atoms with Gasteiger partial charge in [-0.3, -0.25) is 4.79 Å². The predicted molar refractivity (Wildman–Crippen MR) is 129 cm³/mol. The standard InChI is InChI=1S/C24H29N7O2/c1-14(25)15-5-4-6-18(9-15)28-23-19(22(26)32)12-27-24(30-23)29-20-10-17-13-31(2)8-7-16(17)11-21(20)33-3/h4-6,9-12,14H,7-8,13,25H2,1-3H3,(H2,26,32)(H2,27,28,29,30). The molecule has 1 atom stereocenters. The molecule has 0 aliphatic carbocycles. The summed E-state index contributed by atoms with van der Waals surface area (Å²) >= 11 is 0. The highest BCUT2D eigenvalue weighted by Crippen LogP contribution is 2.33. The zero-order valence-corrected chi connectivity index (χ0v) is 19.1. The first-order valence-corrected chi connectivity index (χ1v) is 10.8. The van der Waals surface area contributed by atoms with Crippen molar-refractivity contribution < 1.29 is 9.53 Å². The molecule has 0 fully saturated rings. The van der Waals surface area contributed by atoms with Crippen molar-refractivity contribution >= 4 is 29.0 Å². The number of rotatable bonds is 7. The van der Waals surface area contributed by atoms with Gasteiger partial charge in [-0.1, -0.05) is 12.1 Å². The molecule has 0 spiro atoms. The van der Waals surface area contributed by atoms with Gasteiger partial charge in [0.05, 0.1) is 12.8 Å². The number of anilines is 4. The lowest BCUT2D eigenvalue weighted by atomic mass is 9.99. The highest BCUT2D eigenvalue weighted by atomic mass is 16.5. The number of aromatic nitrogens is 2. The number of nitrogens with two attached hydrogens (primary N) is 2. The number of amides is 1.